The van der Waals surface area contributed by atoms with E-state index in [4.69, 9.17) is 11.6 Å². The highest BCUT2D eigenvalue weighted by atomic mass is 35.5. The van der Waals surface area contributed by atoms with Crippen LogP contribution in [0.5, 0.6) is 0 Å². The Labute approximate surface area is 133 Å². The van der Waals surface area contributed by atoms with Crippen molar-refractivity contribution >= 4 is 28.9 Å². The molecule has 0 unspecified atom stereocenters. The van der Waals surface area contributed by atoms with Gasteiger partial charge >= 0.3 is 0 Å². The average molecular weight is 312 g/mol. The molecule has 0 heterocycles. The van der Waals surface area contributed by atoms with Crippen molar-refractivity contribution in [2.24, 2.45) is 0 Å². The second-order valence-electron chi connectivity index (χ2n) is 5.34. The molecule has 3 nitrogen and oxygen atoms in total. The summed E-state index contributed by atoms with van der Waals surface area (Å²) in [6.07, 6.45) is 0. The fourth-order valence-electron chi connectivity index (χ4n) is 2.46. The summed E-state index contributed by atoms with van der Waals surface area (Å²) < 4.78 is 0. The first kappa shape index (κ1) is 14.5. The number of hydrogen-bond acceptors (Lipinski definition) is 3. The average Bonchev–Trinajstić information content (AvgIpc) is 2.52. The Balaban J connectivity index is 2.07. The van der Waals surface area contributed by atoms with E-state index in [-0.39, 0.29) is 22.3 Å². The van der Waals surface area contributed by atoms with Gasteiger partial charge < -0.3 is 5.32 Å². The number of Topliss-reactive ketones (excluding diaryl/α,β-unsaturated/α-hetero) is 2. The molecule has 0 spiro atoms. The van der Waals surface area contributed by atoms with E-state index in [0.717, 1.165) is 16.8 Å². The Morgan fingerprint density at radius 2 is 1.55 bits per heavy atom. The molecule has 0 aliphatic heterocycles. The third-order valence-electron chi connectivity index (χ3n) is 3.71. The van der Waals surface area contributed by atoms with Crippen LogP contribution in [0.2, 0.25) is 0 Å². The lowest BCUT2D eigenvalue weighted by Crippen LogP contribution is -2.24. The quantitative estimate of drug-likeness (QED) is 0.902. The van der Waals surface area contributed by atoms with Crippen molar-refractivity contribution in [3.8, 4) is 0 Å². The molecule has 0 saturated carbocycles. The molecule has 0 amide bonds. The summed E-state index contributed by atoms with van der Waals surface area (Å²) in [5.41, 5.74) is 3.67. The van der Waals surface area contributed by atoms with Crippen LogP contribution in [0.4, 0.5) is 5.69 Å². The lowest BCUT2D eigenvalue weighted by atomic mass is 9.92. The Hall–Kier alpha value is -2.39. The number of anilines is 1. The third kappa shape index (κ3) is 2.34. The second-order valence-corrected chi connectivity index (χ2v) is 5.71. The van der Waals surface area contributed by atoms with E-state index in [2.05, 4.69) is 5.32 Å². The van der Waals surface area contributed by atoms with Crippen LogP contribution in [0.3, 0.4) is 0 Å². The maximum absolute atomic E-state index is 12.6. The predicted octanol–water partition coefficient (Wildman–Crippen LogP) is 4.24. The molecule has 1 N–H and O–H groups in total. The topological polar surface area (TPSA) is 46.2 Å². The maximum atomic E-state index is 12.6. The molecule has 0 radical (unpaired) electrons. The van der Waals surface area contributed by atoms with Gasteiger partial charge in [0.15, 0.2) is 0 Å². The van der Waals surface area contributed by atoms with Crippen molar-refractivity contribution < 1.29 is 9.59 Å². The summed E-state index contributed by atoms with van der Waals surface area (Å²) in [7, 11) is 0. The molecule has 4 heteroatoms. The predicted molar refractivity (Wildman–Crippen MR) is 87.5 cm³/mol. The number of carbonyl (C=O) groups is 2. The molecule has 3 rings (SSSR count). The number of fused-ring (bicyclic) bond motifs is 1. The highest BCUT2D eigenvalue weighted by Crippen LogP contribution is 2.30. The smallest absolute Gasteiger partial charge is 0.211 e. The van der Waals surface area contributed by atoms with Gasteiger partial charge in [-0.05, 0) is 31.0 Å². The lowest BCUT2D eigenvalue weighted by molar-refractivity contribution is 0.0982. The summed E-state index contributed by atoms with van der Waals surface area (Å²) in [6.45, 7) is 3.89. The van der Waals surface area contributed by atoms with Crippen LogP contribution in [0.15, 0.2) is 53.2 Å². The van der Waals surface area contributed by atoms with Crippen molar-refractivity contribution in [1.82, 2.24) is 0 Å². The van der Waals surface area contributed by atoms with E-state index >= 15 is 0 Å². The molecule has 2 aromatic carbocycles. The minimum atomic E-state index is -0.329. The Kier molecular flexibility index (Phi) is 3.59. The van der Waals surface area contributed by atoms with Crippen molar-refractivity contribution in [1.29, 1.82) is 0 Å². The zero-order chi connectivity index (χ0) is 15.9. The van der Waals surface area contributed by atoms with Crippen molar-refractivity contribution in [3.63, 3.8) is 0 Å². The van der Waals surface area contributed by atoms with E-state index in [9.17, 15) is 9.59 Å². The molecule has 0 fully saturated rings. The monoisotopic (exact) mass is 311 g/mol. The number of ketones is 2. The molecule has 1 aliphatic rings. The highest BCUT2D eigenvalue weighted by Gasteiger charge is 2.31. The van der Waals surface area contributed by atoms with Gasteiger partial charge in [0.05, 0.1) is 0 Å². The van der Waals surface area contributed by atoms with Gasteiger partial charge in [0, 0.05) is 16.8 Å². The summed E-state index contributed by atoms with van der Waals surface area (Å²) in [4.78, 5) is 24.9. The Morgan fingerprint density at radius 3 is 2.23 bits per heavy atom. The minimum Gasteiger partial charge on any atom is -0.351 e. The number of carbonyl (C=O) groups excluding carboxylic acids is 2. The van der Waals surface area contributed by atoms with Gasteiger partial charge in [0.2, 0.25) is 11.6 Å². The van der Waals surface area contributed by atoms with Crippen LogP contribution in [0.25, 0.3) is 0 Å². The molecule has 0 atom stereocenters. The molecule has 0 aromatic heterocycles. The van der Waals surface area contributed by atoms with Gasteiger partial charge in [-0.2, -0.15) is 0 Å². The van der Waals surface area contributed by atoms with Crippen LogP contribution >= 0.6 is 11.6 Å². The van der Waals surface area contributed by atoms with E-state index in [1.54, 1.807) is 24.3 Å². The fraction of sp³-hybridized carbons (Fsp3) is 0.111. The van der Waals surface area contributed by atoms with Gasteiger partial charge in [-0.25, -0.2) is 0 Å². The van der Waals surface area contributed by atoms with Crippen molar-refractivity contribution in [2.75, 3.05) is 5.32 Å². The fourth-order valence-corrected chi connectivity index (χ4v) is 2.70. The summed E-state index contributed by atoms with van der Waals surface area (Å²) in [6, 6.07) is 12.6. The van der Waals surface area contributed by atoms with Gasteiger partial charge in [-0.1, -0.05) is 48.0 Å². The zero-order valence-electron chi connectivity index (χ0n) is 12.2. The molecule has 22 heavy (non-hydrogen) atoms. The summed E-state index contributed by atoms with van der Waals surface area (Å²) in [5, 5.41) is 2.97. The second kappa shape index (κ2) is 5.43. The van der Waals surface area contributed by atoms with Crippen molar-refractivity contribution in [2.45, 2.75) is 13.8 Å². The van der Waals surface area contributed by atoms with Crippen LogP contribution in [-0.2, 0) is 0 Å². The van der Waals surface area contributed by atoms with E-state index < -0.39 is 0 Å². The molecule has 2 aromatic rings. The first-order valence-corrected chi connectivity index (χ1v) is 7.29. The number of aryl methyl sites for hydroxylation is 2. The SMILES string of the molecule is Cc1ccc(C)c(NC2=C(Cl)C(=O)c3ccccc3C2=O)c1. The Bertz CT molecular complexity index is 837. The van der Waals surface area contributed by atoms with Crippen LogP contribution in [-0.4, -0.2) is 11.6 Å². The van der Waals surface area contributed by atoms with Crippen LogP contribution in [0.1, 0.15) is 31.8 Å². The van der Waals surface area contributed by atoms with Gasteiger partial charge in [-0.3, -0.25) is 9.59 Å². The molecule has 110 valence electrons. The van der Waals surface area contributed by atoms with E-state index in [1.165, 1.54) is 0 Å². The van der Waals surface area contributed by atoms with Crippen LogP contribution < -0.4 is 5.32 Å². The normalized spacial score (nSPS) is 14.1. The summed E-state index contributed by atoms with van der Waals surface area (Å²) in [5.74, 6) is -0.592. The first-order valence-electron chi connectivity index (χ1n) is 6.91. The first-order chi connectivity index (χ1) is 10.5. The number of allylic oxidation sites excluding steroid dienone is 2. The zero-order valence-corrected chi connectivity index (χ0v) is 13.0. The molecular weight excluding hydrogens is 298 g/mol. The van der Waals surface area contributed by atoms with Gasteiger partial charge in [0.1, 0.15) is 10.7 Å². The molecule has 0 saturated heterocycles. The van der Waals surface area contributed by atoms with E-state index in [1.807, 2.05) is 32.0 Å². The third-order valence-corrected chi connectivity index (χ3v) is 4.08. The number of benzene rings is 2. The number of nitrogens with one attached hydrogen (secondary N) is 1. The number of rotatable bonds is 2. The van der Waals surface area contributed by atoms with Crippen molar-refractivity contribution in [3.05, 3.63) is 75.4 Å². The maximum Gasteiger partial charge on any atom is 0.211 e. The standard InChI is InChI=1S/C18H14ClNO2/c1-10-7-8-11(2)14(9-10)20-16-15(19)17(21)12-5-3-4-6-13(12)18(16)22/h3-9,20H,1-2H3. The summed E-state index contributed by atoms with van der Waals surface area (Å²) >= 11 is 6.14. The van der Waals surface area contributed by atoms with Gasteiger partial charge in [-0.15, -0.1) is 0 Å². The van der Waals surface area contributed by atoms with Crippen LogP contribution in [0, 0.1) is 13.8 Å². The molecule has 0 bridgehead atoms. The molecular formula is C18H14ClNO2. The minimum absolute atomic E-state index is 0.0652. The lowest BCUT2D eigenvalue weighted by Gasteiger charge is -2.20. The molecule has 1 aliphatic carbocycles. The largest absolute Gasteiger partial charge is 0.351 e. The van der Waals surface area contributed by atoms with Gasteiger partial charge in [0.25, 0.3) is 0 Å². The Morgan fingerprint density at radius 1 is 0.909 bits per heavy atom. The van der Waals surface area contributed by atoms with E-state index in [0.29, 0.717) is 11.1 Å². The number of halogens is 1. The number of hydrogen-bond donors (Lipinski definition) is 1. The highest BCUT2D eigenvalue weighted by molar-refractivity contribution is 6.50.